The topological polar surface area (TPSA) is 61.0 Å². The molecule has 1 aromatic heterocycles. The van der Waals surface area contributed by atoms with Gasteiger partial charge in [-0.15, -0.1) is 0 Å². The van der Waals surface area contributed by atoms with Crippen molar-refractivity contribution in [3.8, 4) is 16.9 Å². The summed E-state index contributed by atoms with van der Waals surface area (Å²) in [4.78, 5) is 14.5. The molecule has 3 rings (SSSR count). The Hall–Kier alpha value is -2.37. The van der Waals surface area contributed by atoms with Gasteiger partial charge in [-0.3, -0.25) is 10.1 Å². The number of nitrogens with zero attached hydrogens (tertiary/aromatic N) is 3. The molecule has 2 aromatic carbocycles. The van der Waals surface area contributed by atoms with Crippen LogP contribution >= 0.6 is 23.2 Å². The third-order valence-electron chi connectivity index (χ3n) is 3.15. The van der Waals surface area contributed by atoms with E-state index in [1.54, 1.807) is 47.4 Å². The predicted octanol–water partition coefficient (Wildman–Crippen LogP) is 4.75. The average Bonchev–Trinajstić information content (AvgIpc) is 2.97. The molecule has 0 N–H and O–H groups in total. The Morgan fingerprint density at radius 3 is 2.45 bits per heavy atom. The van der Waals surface area contributed by atoms with Crippen molar-refractivity contribution < 1.29 is 4.92 Å². The van der Waals surface area contributed by atoms with Crippen molar-refractivity contribution in [1.82, 2.24) is 9.55 Å². The summed E-state index contributed by atoms with van der Waals surface area (Å²) in [6.45, 7) is 0. The van der Waals surface area contributed by atoms with E-state index in [4.69, 9.17) is 23.2 Å². The van der Waals surface area contributed by atoms with E-state index < -0.39 is 4.92 Å². The van der Waals surface area contributed by atoms with Gasteiger partial charge in [0, 0.05) is 34.6 Å². The molecule has 1 heterocycles. The number of imidazole rings is 1. The van der Waals surface area contributed by atoms with Gasteiger partial charge in [0.1, 0.15) is 0 Å². The first-order chi connectivity index (χ1) is 10.5. The number of benzene rings is 2. The van der Waals surface area contributed by atoms with Gasteiger partial charge in [-0.2, -0.15) is 0 Å². The lowest BCUT2D eigenvalue weighted by Crippen LogP contribution is -1.91. The van der Waals surface area contributed by atoms with Crippen LogP contribution < -0.4 is 0 Å². The summed E-state index contributed by atoms with van der Waals surface area (Å²) >= 11 is 12.0. The van der Waals surface area contributed by atoms with Crippen molar-refractivity contribution in [2.45, 2.75) is 0 Å². The van der Waals surface area contributed by atoms with Gasteiger partial charge in [-0.25, -0.2) is 4.98 Å². The molecule has 0 spiro atoms. The fourth-order valence-electron chi connectivity index (χ4n) is 2.05. The maximum absolute atomic E-state index is 10.7. The lowest BCUT2D eigenvalue weighted by atomic mass is 10.2. The number of nitro benzene ring substituents is 1. The standard InChI is InChI=1S/C15H9Cl2N3O2/c16-10-1-6-13(14(17)7-10)15-8-19(9-18-15)11-2-4-12(5-3-11)20(21)22/h1-9H. The van der Waals surface area contributed by atoms with Crippen LogP contribution in [0.3, 0.4) is 0 Å². The third-order valence-corrected chi connectivity index (χ3v) is 3.70. The predicted molar refractivity (Wildman–Crippen MR) is 85.7 cm³/mol. The highest BCUT2D eigenvalue weighted by atomic mass is 35.5. The summed E-state index contributed by atoms with van der Waals surface area (Å²) in [5.74, 6) is 0. The summed E-state index contributed by atoms with van der Waals surface area (Å²) in [6.07, 6.45) is 3.43. The monoisotopic (exact) mass is 333 g/mol. The molecule has 3 aromatic rings. The molecule has 7 heteroatoms. The molecule has 0 amide bonds. The van der Waals surface area contributed by atoms with E-state index in [0.717, 1.165) is 11.3 Å². The van der Waals surface area contributed by atoms with Crippen LogP contribution in [0.1, 0.15) is 0 Å². The van der Waals surface area contributed by atoms with Crippen LogP contribution in [0.5, 0.6) is 0 Å². The van der Waals surface area contributed by atoms with Crippen LogP contribution in [-0.4, -0.2) is 14.5 Å². The molecule has 0 bridgehead atoms. The van der Waals surface area contributed by atoms with Crippen molar-refractivity contribution in [2.24, 2.45) is 0 Å². The van der Waals surface area contributed by atoms with Crippen molar-refractivity contribution in [3.63, 3.8) is 0 Å². The zero-order chi connectivity index (χ0) is 15.7. The molecule has 0 radical (unpaired) electrons. The summed E-state index contributed by atoms with van der Waals surface area (Å²) in [7, 11) is 0. The van der Waals surface area contributed by atoms with Gasteiger partial charge in [0.2, 0.25) is 0 Å². The van der Waals surface area contributed by atoms with Gasteiger partial charge in [0.25, 0.3) is 5.69 Å². The highest BCUT2D eigenvalue weighted by molar-refractivity contribution is 6.36. The van der Waals surface area contributed by atoms with Gasteiger partial charge in [0.05, 0.1) is 22.0 Å². The average molecular weight is 334 g/mol. The first-order valence-corrected chi connectivity index (χ1v) is 7.04. The van der Waals surface area contributed by atoms with Crippen LogP contribution in [0.4, 0.5) is 5.69 Å². The van der Waals surface area contributed by atoms with E-state index >= 15 is 0 Å². The molecular weight excluding hydrogens is 325 g/mol. The summed E-state index contributed by atoms with van der Waals surface area (Å²) in [6, 6.07) is 11.4. The molecule has 110 valence electrons. The Morgan fingerprint density at radius 2 is 1.82 bits per heavy atom. The zero-order valence-corrected chi connectivity index (χ0v) is 12.6. The van der Waals surface area contributed by atoms with Crippen LogP contribution in [0.2, 0.25) is 10.0 Å². The summed E-state index contributed by atoms with van der Waals surface area (Å²) in [5.41, 5.74) is 2.28. The quantitative estimate of drug-likeness (QED) is 0.513. The van der Waals surface area contributed by atoms with E-state index in [-0.39, 0.29) is 5.69 Å². The van der Waals surface area contributed by atoms with Crippen LogP contribution in [0.25, 0.3) is 16.9 Å². The third kappa shape index (κ3) is 2.81. The van der Waals surface area contributed by atoms with Crippen molar-refractivity contribution in [1.29, 1.82) is 0 Å². The zero-order valence-electron chi connectivity index (χ0n) is 11.1. The maximum atomic E-state index is 10.7. The summed E-state index contributed by atoms with van der Waals surface area (Å²) < 4.78 is 1.77. The molecule has 0 aliphatic heterocycles. The molecule has 22 heavy (non-hydrogen) atoms. The first kappa shape index (κ1) is 14.6. The number of halogens is 2. The second kappa shape index (κ2) is 5.79. The lowest BCUT2D eigenvalue weighted by molar-refractivity contribution is -0.384. The van der Waals surface area contributed by atoms with E-state index in [1.165, 1.54) is 12.1 Å². The largest absolute Gasteiger partial charge is 0.306 e. The van der Waals surface area contributed by atoms with Gasteiger partial charge < -0.3 is 4.57 Å². The second-order valence-electron chi connectivity index (χ2n) is 4.56. The fourth-order valence-corrected chi connectivity index (χ4v) is 2.55. The van der Waals surface area contributed by atoms with Crippen LogP contribution in [0.15, 0.2) is 55.0 Å². The number of aromatic nitrogens is 2. The molecule has 0 aliphatic carbocycles. The minimum atomic E-state index is -0.434. The maximum Gasteiger partial charge on any atom is 0.269 e. The van der Waals surface area contributed by atoms with E-state index in [0.29, 0.717) is 15.7 Å². The van der Waals surface area contributed by atoms with E-state index in [9.17, 15) is 10.1 Å². The molecule has 0 saturated carbocycles. The minimum Gasteiger partial charge on any atom is -0.306 e. The lowest BCUT2D eigenvalue weighted by Gasteiger charge is -2.02. The van der Waals surface area contributed by atoms with Crippen molar-refractivity contribution >= 4 is 28.9 Å². The molecule has 0 aliphatic rings. The second-order valence-corrected chi connectivity index (χ2v) is 5.41. The molecule has 0 unspecified atom stereocenters. The molecule has 0 fully saturated rings. The molecular formula is C15H9Cl2N3O2. The van der Waals surface area contributed by atoms with Crippen molar-refractivity contribution in [3.05, 3.63) is 75.1 Å². The smallest absolute Gasteiger partial charge is 0.269 e. The van der Waals surface area contributed by atoms with Gasteiger partial charge in [-0.1, -0.05) is 23.2 Å². The number of hydrogen-bond donors (Lipinski definition) is 0. The van der Waals surface area contributed by atoms with E-state index in [1.807, 2.05) is 0 Å². The van der Waals surface area contributed by atoms with Gasteiger partial charge in [0.15, 0.2) is 0 Å². The van der Waals surface area contributed by atoms with Crippen molar-refractivity contribution in [2.75, 3.05) is 0 Å². The van der Waals surface area contributed by atoms with Crippen LogP contribution in [0, 0.1) is 10.1 Å². The van der Waals surface area contributed by atoms with E-state index in [2.05, 4.69) is 4.98 Å². The molecule has 0 saturated heterocycles. The number of nitro groups is 1. The normalized spacial score (nSPS) is 10.6. The minimum absolute atomic E-state index is 0.0461. The molecule has 0 atom stereocenters. The van der Waals surface area contributed by atoms with Gasteiger partial charge in [-0.05, 0) is 30.3 Å². The number of rotatable bonds is 3. The Kier molecular flexibility index (Phi) is 3.83. The first-order valence-electron chi connectivity index (χ1n) is 6.29. The Bertz CT molecular complexity index is 844. The molecule has 5 nitrogen and oxygen atoms in total. The SMILES string of the molecule is O=[N+]([O-])c1ccc(-n2cnc(-c3ccc(Cl)cc3Cl)c2)cc1. The Balaban J connectivity index is 1.95. The van der Waals surface area contributed by atoms with Crippen LogP contribution in [-0.2, 0) is 0 Å². The van der Waals surface area contributed by atoms with Gasteiger partial charge >= 0.3 is 0 Å². The Morgan fingerprint density at radius 1 is 1.09 bits per heavy atom. The number of non-ortho nitro benzene ring substituents is 1. The summed E-state index contributed by atoms with van der Waals surface area (Å²) in [5, 5.41) is 11.7. The highest BCUT2D eigenvalue weighted by Gasteiger charge is 2.09. The highest BCUT2D eigenvalue weighted by Crippen LogP contribution is 2.29. The fraction of sp³-hybridized carbons (Fsp3) is 0. The number of hydrogen-bond acceptors (Lipinski definition) is 3. The Labute approximate surface area is 135 Å².